The third kappa shape index (κ3) is 5.22. The highest BCUT2D eigenvalue weighted by molar-refractivity contribution is 7.84. The molecule has 0 aliphatic carbocycles. The third-order valence-electron chi connectivity index (χ3n) is 4.49. The van der Waals surface area contributed by atoms with Crippen LogP contribution >= 0.6 is 11.6 Å². The van der Waals surface area contributed by atoms with E-state index in [4.69, 9.17) is 20.8 Å². The summed E-state index contributed by atoms with van der Waals surface area (Å²) in [5.41, 5.74) is 1.68. The molecular weight excluding hydrogens is 444 g/mol. The summed E-state index contributed by atoms with van der Waals surface area (Å²) in [6.07, 6.45) is 1.24. The molecular formula is C20H21ClN4O5S. The van der Waals surface area contributed by atoms with Crippen LogP contribution in [0.5, 0.6) is 5.75 Å². The molecule has 0 spiro atoms. The van der Waals surface area contributed by atoms with Gasteiger partial charge in [0, 0.05) is 43.7 Å². The minimum Gasteiger partial charge on any atom is -0.422 e. The number of anilines is 1. The molecule has 1 atom stereocenters. The van der Waals surface area contributed by atoms with Gasteiger partial charge in [-0.1, -0.05) is 11.6 Å². The molecule has 164 valence electrons. The van der Waals surface area contributed by atoms with Gasteiger partial charge in [0.25, 0.3) is 0 Å². The molecule has 0 aliphatic rings. The lowest BCUT2D eigenvalue weighted by atomic mass is 10.00. The Bertz CT molecular complexity index is 1230. The van der Waals surface area contributed by atoms with Gasteiger partial charge in [-0.15, -0.1) is 0 Å². The van der Waals surface area contributed by atoms with Gasteiger partial charge in [-0.25, -0.2) is 23.5 Å². The number of fused-ring (bicyclic) bond motifs is 1. The van der Waals surface area contributed by atoms with Gasteiger partial charge in [0.1, 0.15) is 11.4 Å². The van der Waals surface area contributed by atoms with Crippen molar-refractivity contribution in [3.63, 3.8) is 0 Å². The topological polar surface area (TPSA) is 114 Å². The first kappa shape index (κ1) is 22.7. The number of amides is 1. The second-order valence-electron chi connectivity index (χ2n) is 6.84. The van der Waals surface area contributed by atoms with Crippen LogP contribution in [-0.2, 0) is 17.6 Å². The maximum absolute atomic E-state index is 12.7. The highest BCUT2D eigenvalue weighted by atomic mass is 35.5. The summed E-state index contributed by atoms with van der Waals surface area (Å²) in [6.45, 7) is 1.80. The van der Waals surface area contributed by atoms with Crippen molar-refractivity contribution >= 4 is 45.7 Å². The molecule has 0 saturated carbocycles. The van der Waals surface area contributed by atoms with E-state index in [1.807, 2.05) is 0 Å². The van der Waals surface area contributed by atoms with Gasteiger partial charge in [0.05, 0.1) is 5.02 Å². The first-order chi connectivity index (χ1) is 14.7. The summed E-state index contributed by atoms with van der Waals surface area (Å²) in [6, 6.07) is 6.49. The first-order valence-corrected chi connectivity index (χ1v) is 10.7. The lowest BCUT2D eigenvalue weighted by molar-refractivity contribution is 0.172. The Hall–Kier alpha value is -2.95. The smallest absolute Gasteiger partial charge is 0.414 e. The molecule has 2 heterocycles. The lowest BCUT2D eigenvalue weighted by Crippen LogP contribution is -2.25. The molecule has 31 heavy (non-hydrogen) atoms. The Morgan fingerprint density at radius 1 is 1.32 bits per heavy atom. The van der Waals surface area contributed by atoms with E-state index in [1.54, 1.807) is 52.5 Å². The Morgan fingerprint density at radius 3 is 2.74 bits per heavy atom. The van der Waals surface area contributed by atoms with Gasteiger partial charge in [0.2, 0.25) is 0 Å². The van der Waals surface area contributed by atoms with Crippen LogP contribution in [0.25, 0.3) is 11.0 Å². The minimum absolute atomic E-state index is 0.102. The number of rotatable bonds is 6. The van der Waals surface area contributed by atoms with Crippen molar-refractivity contribution < 1.29 is 18.2 Å². The molecule has 0 saturated heterocycles. The zero-order valence-corrected chi connectivity index (χ0v) is 18.9. The molecule has 3 rings (SSSR count). The number of carbonyl (C=O) groups excluding carboxylic acids is 1. The standard InChI is InChI=1S/C20H21ClN4O5S/c1-11-13-9-15(21)17(30-20(27)25(3)4)10-16(13)29-19(26)14(11)7-12-5-6-23-18(8-12)24-31(28)22-2/h5-6,8-10,22H,7H2,1-4H3,(H,23,24). The van der Waals surface area contributed by atoms with Crippen molar-refractivity contribution in [2.75, 3.05) is 25.9 Å². The largest absolute Gasteiger partial charge is 0.422 e. The normalized spacial score (nSPS) is 11.9. The number of hydrogen-bond donors (Lipinski definition) is 2. The SMILES string of the molecule is CNS(=O)Nc1cc(Cc2c(C)c3cc(Cl)c(OC(=O)N(C)C)cc3oc2=O)ccn1. The number of nitrogens with one attached hydrogen (secondary N) is 2. The molecule has 3 aromatic rings. The zero-order valence-electron chi connectivity index (χ0n) is 17.3. The van der Waals surface area contributed by atoms with Gasteiger partial charge >= 0.3 is 11.7 Å². The predicted octanol–water partition coefficient (Wildman–Crippen LogP) is 3.01. The molecule has 1 unspecified atom stereocenters. The second-order valence-corrected chi connectivity index (χ2v) is 8.39. The molecule has 1 amide bonds. The highest BCUT2D eigenvalue weighted by Crippen LogP contribution is 2.32. The van der Waals surface area contributed by atoms with E-state index in [0.717, 1.165) is 5.56 Å². The Kier molecular flexibility index (Phi) is 6.94. The number of nitrogens with zero attached hydrogens (tertiary/aromatic N) is 2. The molecule has 0 aliphatic heterocycles. The number of benzene rings is 1. The molecule has 2 N–H and O–H groups in total. The van der Waals surface area contributed by atoms with Gasteiger partial charge in [-0.3, -0.25) is 4.72 Å². The fourth-order valence-corrected chi connectivity index (χ4v) is 3.45. The minimum atomic E-state index is -1.47. The average molecular weight is 465 g/mol. The Labute approximate surface area is 186 Å². The number of aromatic nitrogens is 1. The van der Waals surface area contributed by atoms with Crippen molar-refractivity contribution in [2.24, 2.45) is 0 Å². The van der Waals surface area contributed by atoms with Crippen LogP contribution in [0.3, 0.4) is 0 Å². The van der Waals surface area contributed by atoms with E-state index in [0.29, 0.717) is 22.3 Å². The quantitative estimate of drug-likeness (QED) is 0.542. The third-order valence-corrected chi connectivity index (χ3v) is 5.55. The number of carbonyl (C=O) groups is 1. The Morgan fingerprint density at radius 2 is 2.06 bits per heavy atom. The van der Waals surface area contributed by atoms with E-state index >= 15 is 0 Å². The average Bonchev–Trinajstić information content (AvgIpc) is 2.72. The van der Waals surface area contributed by atoms with E-state index in [9.17, 15) is 13.8 Å². The number of pyridine rings is 1. The summed E-state index contributed by atoms with van der Waals surface area (Å²) < 4.78 is 27.6. The van der Waals surface area contributed by atoms with E-state index in [2.05, 4.69) is 14.4 Å². The van der Waals surface area contributed by atoms with Gasteiger partial charge in [0.15, 0.2) is 16.9 Å². The van der Waals surface area contributed by atoms with Crippen LogP contribution in [0, 0.1) is 6.92 Å². The Balaban J connectivity index is 1.98. The molecule has 0 bridgehead atoms. The van der Waals surface area contributed by atoms with Crippen LogP contribution in [0.4, 0.5) is 10.6 Å². The summed E-state index contributed by atoms with van der Waals surface area (Å²) >= 11 is 4.82. The predicted molar refractivity (Wildman–Crippen MR) is 120 cm³/mol. The summed E-state index contributed by atoms with van der Waals surface area (Å²) in [5, 5.41) is 0.850. The molecule has 9 nitrogen and oxygen atoms in total. The first-order valence-electron chi connectivity index (χ1n) is 9.15. The molecule has 11 heteroatoms. The highest BCUT2D eigenvalue weighted by Gasteiger charge is 2.17. The number of hydrogen-bond acceptors (Lipinski definition) is 6. The molecule has 0 radical (unpaired) electrons. The monoisotopic (exact) mass is 464 g/mol. The molecule has 1 aromatic carbocycles. The van der Waals surface area contributed by atoms with Crippen molar-refractivity contribution in [2.45, 2.75) is 13.3 Å². The van der Waals surface area contributed by atoms with E-state index in [-0.39, 0.29) is 22.8 Å². The van der Waals surface area contributed by atoms with Crippen molar-refractivity contribution in [3.05, 3.63) is 62.6 Å². The van der Waals surface area contributed by atoms with Gasteiger partial charge < -0.3 is 14.1 Å². The molecule has 0 fully saturated rings. The zero-order chi connectivity index (χ0) is 22.7. The molecule has 2 aromatic heterocycles. The van der Waals surface area contributed by atoms with Crippen LogP contribution in [0.2, 0.25) is 5.02 Å². The second kappa shape index (κ2) is 9.46. The van der Waals surface area contributed by atoms with Gasteiger partial charge in [-0.2, -0.15) is 0 Å². The van der Waals surface area contributed by atoms with Crippen molar-refractivity contribution in [1.82, 2.24) is 14.6 Å². The number of aryl methyl sites for hydroxylation is 1. The van der Waals surface area contributed by atoms with Gasteiger partial charge in [-0.05, 0) is 43.3 Å². The summed E-state index contributed by atoms with van der Waals surface area (Å²) in [4.78, 5) is 29.9. The van der Waals surface area contributed by atoms with Crippen LogP contribution in [0.15, 0.2) is 39.7 Å². The maximum atomic E-state index is 12.7. The van der Waals surface area contributed by atoms with E-state index < -0.39 is 22.9 Å². The maximum Gasteiger partial charge on any atom is 0.414 e. The van der Waals surface area contributed by atoms with Crippen LogP contribution in [-0.4, -0.2) is 41.3 Å². The lowest BCUT2D eigenvalue weighted by Gasteiger charge is -2.13. The fraction of sp³-hybridized carbons (Fsp3) is 0.250. The fourth-order valence-electron chi connectivity index (χ4n) is 2.85. The summed E-state index contributed by atoms with van der Waals surface area (Å²) in [5.74, 6) is 0.508. The van der Waals surface area contributed by atoms with Crippen molar-refractivity contribution in [3.8, 4) is 5.75 Å². The summed E-state index contributed by atoms with van der Waals surface area (Å²) in [7, 11) is 4.64. The van der Waals surface area contributed by atoms with Crippen LogP contribution < -0.4 is 19.8 Å². The van der Waals surface area contributed by atoms with E-state index in [1.165, 1.54) is 11.0 Å². The number of ether oxygens (including phenoxy) is 1. The van der Waals surface area contributed by atoms with Crippen molar-refractivity contribution in [1.29, 1.82) is 0 Å². The van der Waals surface area contributed by atoms with Crippen LogP contribution in [0.1, 0.15) is 16.7 Å². The number of halogens is 1.